The Kier molecular flexibility index (Phi) is 6.30. The van der Waals surface area contributed by atoms with Gasteiger partial charge in [-0.2, -0.15) is 0 Å². The van der Waals surface area contributed by atoms with E-state index in [1.165, 1.54) is 36.6 Å². The molecule has 0 saturated carbocycles. The van der Waals surface area contributed by atoms with Crippen molar-refractivity contribution in [1.82, 2.24) is 14.5 Å². The van der Waals surface area contributed by atoms with Crippen molar-refractivity contribution in [2.45, 2.75) is 38.0 Å². The predicted molar refractivity (Wildman–Crippen MR) is 144 cm³/mol. The highest BCUT2D eigenvalue weighted by molar-refractivity contribution is 5.91. The molecular weight excluding hydrogens is 464 g/mol. The van der Waals surface area contributed by atoms with Gasteiger partial charge in [-0.05, 0) is 60.4 Å². The molecule has 0 amide bonds. The fourth-order valence-corrected chi connectivity index (χ4v) is 5.93. The normalized spacial score (nSPS) is 19.4. The largest absolute Gasteiger partial charge is 0.497 e. The van der Waals surface area contributed by atoms with E-state index in [0.29, 0.717) is 24.2 Å². The molecule has 7 heteroatoms. The van der Waals surface area contributed by atoms with E-state index in [2.05, 4.69) is 57.0 Å². The molecule has 190 valence electrons. The summed E-state index contributed by atoms with van der Waals surface area (Å²) in [7, 11) is 3.11. The Morgan fingerprint density at radius 2 is 1.57 bits per heavy atom. The highest BCUT2D eigenvalue weighted by Crippen LogP contribution is 2.36. The molecule has 2 atom stereocenters. The van der Waals surface area contributed by atoms with Crippen LogP contribution in [0.5, 0.6) is 5.75 Å². The van der Waals surface area contributed by atoms with Crippen LogP contribution in [0.3, 0.4) is 0 Å². The number of hydrogen-bond donors (Lipinski definition) is 0. The number of nitrogens with zero attached hydrogens (tertiary/aromatic N) is 4. The molecule has 2 bridgehead atoms. The van der Waals surface area contributed by atoms with Crippen LogP contribution in [0.2, 0.25) is 0 Å². The van der Waals surface area contributed by atoms with E-state index in [0.717, 1.165) is 36.6 Å². The van der Waals surface area contributed by atoms with E-state index in [9.17, 15) is 4.79 Å². The third-order valence-corrected chi connectivity index (χ3v) is 7.87. The van der Waals surface area contributed by atoms with Gasteiger partial charge in [0.1, 0.15) is 11.4 Å². The van der Waals surface area contributed by atoms with Crippen LogP contribution in [-0.2, 0) is 17.8 Å². The maximum atomic E-state index is 11.7. The average molecular weight is 497 g/mol. The minimum absolute atomic E-state index is 0.317. The van der Waals surface area contributed by atoms with Gasteiger partial charge in [0.05, 0.1) is 19.8 Å². The Bertz CT molecular complexity index is 1380. The molecule has 0 N–H and O–H groups in total. The maximum absolute atomic E-state index is 11.7. The van der Waals surface area contributed by atoms with Gasteiger partial charge in [-0.15, -0.1) is 0 Å². The second-order valence-electron chi connectivity index (χ2n) is 10.0. The maximum Gasteiger partial charge on any atom is 0.337 e. The second kappa shape index (κ2) is 9.90. The van der Waals surface area contributed by atoms with Crippen molar-refractivity contribution >= 4 is 22.7 Å². The smallest absolute Gasteiger partial charge is 0.337 e. The van der Waals surface area contributed by atoms with Gasteiger partial charge in [-0.3, -0.25) is 4.90 Å². The number of anilines is 1. The molecule has 2 saturated heterocycles. The first kappa shape index (κ1) is 23.6. The van der Waals surface area contributed by atoms with Crippen molar-refractivity contribution in [2.75, 3.05) is 32.2 Å². The summed E-state index contributed by atoms with van der Waals surface area (Å²) in [5.74, 6) is 0.589. The minimum atomic E-state index is -0.317. The van der Waals surface area contributed by atoms with Gasteiger partial charge in [0.15, 0.2) is 0 Å². The Morgan fingerprint density at radius 3 is 2.24 bits per heavy atom. The van der Waals surface area contributed by atoms with Gasteiger partial charge in [0, 0.05) is 61.7 Å². The number of carbonyl (C=O) groups excluding carboxylic acids is 1. The zero-order valence-electron chi connectivity index (χ0n) is 21.3. The molecule has 7 nitrogen and oxygen atoms in total. The van der Waals surface area contributed by atoms with Crippen LogP contribution in [0.1, 0.15) is 34.3 Å². The third-order valence-electron chi connectivity index (χ3n) is 7.87. The number of aromatic nitrogens is 2. The SMILES string of the molecule is COC(=O)c1ccc(Cn2ccc3c(N4C[C@H]5CC[C@@H](C4)N5Cc4ccc(OC)cc4)ccnc32)cc1. The first-order valence-corrected chi connectivity index (χ1v) is 12.9. The minimum Gasteiger partial charge on any atom is -0.497 e. The molecule has 0 aliphatic carbocycles. The number of benzene rings is 2. The van der Waals surface area contributed by atoms with Crippen molar-refractivity contribution in [3.8, 4) is 5.75 Å². The molecule has 2 aromatic heterocycles. The van der Waals surface area contributed by atoms with Gasteiger partial charge < -0.3 is 18.9 Å². The van der Waals surface area contributed by atoms with Crippen LogP contribution in [-0.4, -0.2) is 59.8 Å². The van der Waals surface area contributed by atoms with Crippen molar-refractivity contribution in [3.05, 3.63) is 89.7 Å². The highest BCUT2D eigenvalue weighted by atomic mass is 16.5. The Balaban J connectivity index is 1.18. The summed E-state index contributed by atoms with van der Waals surface area (Å²) in [6.07, 6.45) is 6.53. The molecule has 2 aromatic carbocycles. The van der Waals surface area contributed by atoms with E-state index in [4.69, 9.17) is 14.5 Å². The highest BCUT2D eigenvalue weighted by Gasteiger charge is 2.40. The van der Waals surface area contributed by atoms with Gasteiger partial charge in [-0.1, -0.05) is 24.3 Å². The number of piperazine rings is 1. The first-order valence-electron chi connectivity index (χ1n) is 12.9. The number of esters is 1. The van der Waals surface area contributed by atoms with Crippen molar-refractivity contribution in [1.29, 1.82) is 0 Å². The molecule has 4 heterocycles. The molecule has 2 aliphatic rings. The lowest BCUT2D eigenvalue weighted by Crippen LogP contribution is -2.53. The number of pyridine rings is 1. The molecule has 37 heavy (non-hydrogen) atoms. The van der Waals surface area contributed by atoms with Crippen LogP contribution in [0.25, 0.3) is 11.0 Å². The summed E-state index contributed by atoms with van der Waals surface area (Å²) >= 11 is 0. The van der Waals surface area contributed by atoms with Crippen LogP contribution >= 0.6 is 0 Å². The van der Waals surface area contributed by atoms with Crippen LogP contribution in [0, 0.1) is 0 Å². The van der Waals surface area contributed by atoms with Gasteiger partial charge >= 0.3 is 5.97 Å². The van der Waals surface area contributed by atoms with Crippen LogP contribution < -0.4 is 9.64 Å². The molecule has 2 aliphatic heterocycles. The Morgan fingerprint density at radius 1 is 0.892 bits per heavy atom. The zero-order valence-corrected chi connectivity index (χ0v) is 21.3. The van der Waals surface area contributed by atoms with E-state index < -0.39 is 0 Å². The second-order valence-corrected chi connectivity index (χ2v) is 10.0. The van der Waals surface area contributed by atoms with Crippen molar-refractivity contribution in [3.63, 3.8) is 0 Å². The third kappa shape index (κ3) is 4.55. The lowest BCUT2D eigenvalue weighted by molar-refractivity contribution is 0.0600. The summed E-state index contributed by atoms with van der Waals surface area (Å²) in [6, 6.07) is 21.5. The lowest BCUT2D eigenvalue weighted by atomic mass is 10.1. The lowest BCUT2D eigenvalue weighted by Gasteiger charge is -2.42. The van der Waals surface area contributed by atoms with Crippen molar-refractivity contribution in [2.24, 2.45) is 0 Å². The predicted octanol–water partition coefficient (Wildman–Crippen LogP) is 4.73. The Hall–Kier alpha value is -3.84. The number of methoxy groups -OCH3 is 2. The van der Waals surface area contributed by atoms with Gasteiger partial charge in [0.2, 0.25) is 0 Å². The number of fused-ring (bicyclic) bond motifs is 3. The number of hydrogen-bond acceptors (Lipinski definition) is 6. The van der Waals surface area contributed by atoms with E-state index in [-0.39, 0.29) is 5.97 Å². The molecule has 2 fully saturated rings. The van der Waals surface area contributed by atoms with Gasteiger partial charge in [-0.25, -0.2) is 9.78 Å². The standard InChI is InChI=1S/C30H32N4O3/c1-36-26-11-5-22(6-12-26)18-34-24-9-10-25(34)20-33(19-24)28-13-15-31-29-27(28)14-16-32(29)17-21-3-7-23(8-4-21)30(35)37-2/h3-8,11-16,24-25H,9-10,17-20H2,1-2H3/t24-,25+. The van der Waals surface area contributed by atoms with Crippen molar-refractivity contribution < 1.29 is 14.3 Å². The molecule has 0 radical (unpaired) electrons. The monoisotopic (exact) mass is 496 g/mol. The van der Waals surface area contributed by atoms with Crippen LogP contribution in [0.4, 0.5) is 5.69 Å². The summed E-state index contributed by atoms with van der Waals surface area (Å²) in [4.78, 5) is 21.7. The number of rotatable bonds is 7. The first-order chi connectivity index (χ1) is 18.1. The van der Waals surface area contributed by atoms with E-state index in [1.807, 2.05) is 30.5 Å². The number of carbonyl (C=O) groups is 1. The van der Waals surface area contributed by atoms with E-state index >= 15 is 0 Å². The topological polar surface area (TPSA) is 59.8 Å². The Labute approximate surface area is 217 Å². The fourth-order valence-electron chi connectivity index (χ4n) is 5.93. The zero-order chi connectivity index (χ0) is 25.4. The summed E-state index contributed by atoms with van der Waals surface area (Å²) in [5.41, 5.74) is 5.27. The number of ether oxygens (including phenoxy) is 2. The summed E-state index contributed by atoms with van der Waals surface area (Å²) in [5, 5.41) is 1.19. The van der Waals surface area contributed by atoms with Gasteiger partial charge in [0.25, 0.3) is 0 Å². The molecule has 0 spiro atoms. The summed E-state index contributed by atoms with van der Waals surface area (Å²) < 4.78 is 12.3. The molecule has 0 unspecified atom stereocenters. The summed E-state index contributed by atoms with van der Waals surface area (Å²) in [6.45, 7) is 3.75. The molecular formula is C30H32N4O3. The molecule has 6 rings (SSSR count). The average Bonchev–Trinajstić information content (AvgIpc) is 3.44. The van der Waals surface area contributed by atoms with E-state index in [1.54, 1.807) is 7.11 Å². The molecule has 4 aromatic rings. The van der Waals surface area contributed by atoms with Crippen LogP contribution in [0.15, 0.2) is 73.1 Å². The quantitative estimate of drug-likeness (QED) is 0.345. The fraction of sp³-hybridized carbons (Fsp3) is 0.333.